The van der Waals surface area contributed by atoms with Gasteiger partial charge in [0.05, 0.1) is 27.9 Å². The van der Waals surface area contributed by atoms with E-state index in [1.54, 1.807) is 0 Å². The van der Waals surface area contributed by atoms with Crippen LogP contribution in [0.2, 0.25) is 0 Å². The SMILES string of the molecule is COc1cc(C(=O)NCC(=O)NCC(=O)O)cc(OC)c1OC. The summed E-state index contributed by atoms with van der Waals surface area (Å²) >= 11 is 0. The van der Waals surface area contributed by atoms with Crippen LogP contribution in [-0.4, -0.2) is 57.3 Å². The molecule has 0 unspecified atom stereocenters. The van der Waals surface area contributed by atoms with Crippen LogP contribution in [0, 0.1) is 0 Å². The third-order valence-electron chi connectivity index (χ3n) is 2.77. The van der Waals surface area contributed by atoms with E-state index in [9.17, 15) is 14.4 Å². The molecule has 0 aliphatic rings. The Balaban J connectivity index is 2.80. The second kappa shape index (κ2) is 8.47. The lowest BCUT2D eigenvalue weighted by molar-refractivity contribution is -0.137. The molecule has 2 amide bonds. The summed E-state index contributed by atoms with van der Waals surface area (Å²) in [4.78, 5) is 33.8. The summed E-state index contributed by atoms with van der Waals surface area (Å²) in [5, 5.41) is 12.9. The van der Waals surface area contributed by atoms with Crippen LogP contribution < -0.4 is 24.8 Å². The van der Waals surface area contributed by atoms with Crippen molar-refractivity contribution < 1.29 is 33.7 Å². The Kier molecular flexibility index (Phi) is 6.66. The van der Waals surface area contributed by atoms with Crippen molar-refractivity contribution >= 4 is 17.8 Å². The summed E-state index contributed by atoms with van der Waals surface area (Å²) in [6.45, 7) is -0.873. The first-order chi connectivity index (χ1) is 10.9. The maximum atomic E-state index is 12.1. The number of benzene rings is 1. The highest BCUT2D eigenvalue weighted by atomic mass is 16.5. The van der Waals surface area contributed by atoms with Crippen molar-refractivity contribution in [2.45, 2.75) is 0 Å². The number of carbonyl (C=O) groups is 3. The summed E-state index contributed by atoms with van der Waals surface area (Å²) in [5.74, 6) is -1.40. The average molecular weight is 326 g/mol. The molecule has 23 heavy (non-hydrogen) atoms. The van der Waals surface area contributed by atoms with Gasteiger partial charge in [0.2, 0.25) is 11.7 Å². The summed E-state index contributed by atoms with van der Waals surface area (Å²) in [6, 6.07) is 2.87. The number of carbonyl (C=O) groups excluding carboxylic acids is 2. The van der Waals surface area contributed by atoms with Crippen molar-refractivity contribution in [1.29, 1.82) is 0 Å². The summed E-state index contributed by atoms with van der Waals surface area (Å²) in [6.07, 6.45) is 0. The predicted octanol–water partition coefficient (Wildman–Crippen LogP) is -0.357. The molecule has 0 aromatic heterocycles. The minimum absolute atomic E-state index is 0.200. The number of carboxylic acid groups (broad SMARTS) is 1. The van der Waals surface area contributed by atoms with Crippen LogP contribution >= 0.6 is 0 Å². The molecule has 9 heteroatoms. The maximum Gasteiger partial charge on any atom is 0.322 e. The van der Waals surface area contributed by atoms with Gasteiger partial charge in [0.25, 0.3) is 5.91 Å². The Morgan fingerprint density at radius 1 is 0.957 bits per heavy atom. The number of hydrogen-bond acceptors (Lipinski definition) is 6. The smallest absolute Gasteiger partial charge is 0.322 e. The van der Waals surface area contributed by atoms with Gasteiger partial charge >= 0.3 is 5.97 Å². The molecule has 0 fully saturated rings. The minimum atomic E-state index is -1.17. The first kappa shape index (κ1) is 18.1. The number of amides is 2. The van der Waals surface area contributed by atoms with Gasteiger partial charge < -0.3 is 30.0 Å². The zero-order valence-corrected chi connectivity index (χ0v) is 13.0. The minimum Gasteiger partial charge on any atom is -0.493 e. The van der Waals surface area contributed by atoms with Gasteiger partial charge in [0.15, 0.2) is 11.5 Å². The van der Waals surface area contributed by atoms with Crippen LogP contribution in [-0.2, 0) is 9.59 Å². The summed E-state index contributed by atoms with van der Waals surface area (Å²) in [7, 11) is 4.27. The molecule has 0 spiro atoms. The highest BCUT2D eigenvalue weighted by Crippen LogP contribution is 2.38. The molecule has 3 N–H and O–H groups in total. The van der Waals surface area contributed by atoms with E-state index in [4.69, 9.17) is 19.3 Å². The molecule has 0 atom stereocenters. The first-order valence-electron chi connectivity index (χ1n) is 6.49. The largest absolute Gasteiger partial charge is 0.493 e. The Hall–Kier alpha value is -2.97. The van der Waals surface area contributed by atoms with Crippen LogP contribution in [0.5, 0.6) is 17.2 Å². The van der Waals surface area contributed by atoms with Gasteiger partial charge in [-0.1, -0.05) is 0 Å². The highest BCUT2D eigenvalue weighted by molar-refractivity contribution is 5.97. The Labute approximate surface area is 132 Å². The molecule has 0 radical (unpaired) electrons. The average Bonchev–Trinajstić information content (AvgIpc) is 2.56. The highest BCUT2D eigenvalue weighted by Gasteiger charge is 2.17. The Morgan fingerprint density at radius 3 is 1.96 bits per heavy atom. The third-order valence-corrected chi connectivity index (χ3v) is 2.77. The van der Waals surface area contributed by atoms with Gasteiger partial charge in [0, 0.05) is 5.56 Å². The fraction of sp³-hybridized carbons (Fsp3) is 0.357. The number of aliphatic carboxylic acids is 1. The van der Waals surface area contributed by atoms with Crippen molar-refractivity contribution in [3.05, 3.63) is 17.7 Å². The summed E-state index contributed by atoms with van der Waals surface area (Å²) in [5.41, 5.74) is 0.200. The monoisotopic (exact) mass is 326 g/mol. The van der Waals surface area contributed by atoms with E-state index in [2.05, 4.69) is 10.6 Å². The van der Waals surface area contributed by atoms with Crippen LogP contribution in [0.3, 0.4) is 0 Å². The van der Waals surface area contributed by atoms with E-state index in [1.165, 1.54) is 33.5 Å². The van der Waals surface area contributed by atoms with Gasteiger partial charge in [-0.05, 0) is 12.1 Å². The molecule has 0 aliphatic carbocycles. The standard InChI is InChI=1S/C14H18N2O7/c1-21-9-4-8(5-10(22-2)13(9)23-3)14(20)16-6-11(17)15-7-12(18)19/h4-5H,6-7H2,1-3H3,(H,15,17)(H,16,20)(H,18,19). The summed E-state index contributed by atoms with van der Waals surface area (Å²) < 4.78 is 15.4. The van der Waals surface area contributed by atoms with Gasteiger partial charge in [-0.2, -0.15) is 0 Å². The number of nitrogens with one attached hydrogen (secondary N) is 2. The Bertz CT molecular complexity index is 576. The number of methoxy groups -OCH3 is 3. The quantitative estimate of drug-likeness (QED) is 0.596. The molecule has 0 saturated heterocycles. The molecule has 1 rings (SSSR count). The van der Waals surface area contributed by atoms with Crippen LogP contribution in [0.25, 0.3) is 0 Å². The van der Waals surface area contributed by atoms with Gasteiger partial charge in [-0.3, -0.25) is 14.4 Å². The van der Waals surface area contributed by atoms with Gasteiger partial charge in [-0.15, -0.1) is 0 Å². The number of ether oxygens (including phenoxy) is 3. The van der Waals surface area contributed by atoms with Gasteiger partial charge in [0.1, 0.15) is 6.54 Å². The van der Waals surface area contributed by atoms with E-state index in [0.29, 0.717) is 17.2 Å². The lowest BCUT2D eigenvalue weighted by Crippen LogP contribution is -2.39. The van der Waals surface area contributed by atoms with Crippen molar-refractivity contribution in [1.82, 2.24) is 10.6 Å². The molecule has 0 bridgehead atoms. The fourth-order valence-electron chi connectivity index (χ4n) is 1.71. The topological polar surface area (TPSA) is 123 Å². The molecule has 1 aromatic carbocycles. The lowest BCUT2D eigenvalue weighted by Gasteiger charge is -2.14. The molecule has 0 saturated carbocycles. The zero-order chi connectivity index (χ0) is 17.4. The van der Waals surface area contributed by atoms with E-state index in [1.807, 2.05) is 0 Å². The molecule has 0 aliphatic heterocycles. The van der Waals surface area contributed by atoms with Crippen molar-refractivity contribution in [3.8, 4) is 17.2 Å². The predicted molar refractivity (Wildman–Crippen MR) is 79.1 cm³/mol. The second-order valence-corrected chi connectivity index (χ2v) is 4.27. The van der Waals surface area contributed by atoms with E-state index in [-0.39, 0.29) is 12.1 Å². The van der Waals surface area contributed by atoms with Crippen molar-refractivity contribution in [2.75, 3.05) is 34.4 Å². The molecule has 0 heterocycles. The molecule has 9 nitrogen and oxygen atoms in total. The fourth-order valence-corrected chi connectivity index (χ4v) is 1.71. The number of carboxylic acids is 1. The molecule has 1 aromatic rings. The van der Waals surface area contributed by atoms with Crippen molar-refractivity contribution in [3.63, 3.8) is 0 Å². The molecule has 126 valence electrons. The second-order valence-electron chi connectivity index (χ2n) is 4.27. The maximum absolute atomic E-state index is 12.1. The van der Waals surface area contributed by atoms with E-state index < -0.39 is 24.3 Å². The van der Waals surface area contributed by atoms with Gasteiger partial charge in [-0.25, -0.2) is 0 Å². The van der Waals surface area contributed by atoms with E-state index in [0.717, 1.165) is 0 Å². The zero-order valence-electron chi connectivity index (χ0n) is 13.0. The molecular formula is C14H18N2O7. The van der Waals surface area contributed by atoms with Crippen LogP contribution in [0.4, 0.5) is 0 Å². The lowest BCUT2D eigenvalue weighted by atomic mass is 10.1. The van der Waals surface area contributed by atoms with Crippen molar-refractivity contribution in [2.24, 2.45) is 0 Å². The van der Waals surface area contributed by atoms with E-state index >= 15 is 0 Å². The number of hydrogen-bond donors (Lipinski definition) is 3. The van der Waals surface area contributed by atoms with Crippen LogP contribution in [0.1, 0.15) is 10.4 Å². The third kappa shape index (κ3) is 5.06. The number of rotatable bonds is 8. The molecular weight excluding hydrogens is 308 g/mol. The Morgan fingerprint density at radius 2 is 1.52 bits per heavy atom. The van der Waals surface area contributed by atoms with Crippen LogP contribution in [0.15, 0.2) is 12.1 Å². The first-order valence-corrected chi connectivity index (χ1v) is 6.49. The normalized spacial score (nSPS) is 9.70.